The Labute approximate surface area is 120 Å². The summed E-state index contributed by atoms with van der Waals surface area (Å²) in [5.41, 5.74) is 2.17. The predicted octanol–water partition coefficient (Wildman–Crippen LogP) is 2.69. The van der Waals surface area contributed by atoms with Crippen molar-refractivity contribution in [2.45, 2.75) is 6.92 Å². The zero-order valence-electron chi connectivity index (χ0n) is 11.3. The van der Waals surface area contributed by atoms with Crippen LogP contribution >= 0.6 is 0 Å². The number of hydrogen-bond acceptors (Lipinski definition) is 5. The van der Waals surface area contributed by atoms with E-state index < -0.39 is 0 Å². The van der Waals surface area contributed by atoms with Crippen LogP contribution in [0.5, 0.6) is 0 Å². The van der Waals surface area contributed by atoms with Gasteiger partial charge >= 0.3 is 6.01 Å². The number of carbonyl (C=O) groups excluding carboxylic acids is 1. The summed E-state index contributed by atoms with van der Waals surface area (Å²) in [6.45, 7) is 1.96. The molecule has 0 unspecified atom stereocenters. The van der Waals surface area contributed by atoms with Gasteiger partial charge in [-0.05, 0) is 31.2 Å². The van der Waals surface area contributed by atoms with E-state index in [1.54, 1.807) is 30.5 Å². The number of amides is 1. The third-order valence-corrected chi connectivity index (χ3v) is 2.84. The third-order valence-electron chi connectivity index (χ3n) is 2.84. The molecule has 2 heterocycles. The molecule has 0 radical (unpaired) electrons. The second-order valence-electron chi connectivity index (χ2n) is 4.45. The van der Waals surface area contributed by atoms with Crippen LogP contribution in [0.25, 0.3) is 11.6 Å². The lowest BCUT2D eigenvalue weighted by Crippen LogP contribution is -2.11. The predicted molar refractivity (Wildman–Crippen MR) is 76.7 cm³/mol. The first kappa shape index (κ1) is 13.0. The van der Waals surface area contributed by atoms with Crippen molar-refractivity contribution in [1.82, 2.24) is 15.2 Å². The summed E-state index contributed by atoms with van der Waals surface area (Å²) in [4.78, 5) is 16.1. The van der Waals surface area contributed by atoms with Gasteiger partial charge in [0.25, 0.3) is 11.8 Å². The Hall–Kier alpha value is -3.02. The van der Waals surface area contributed by atoms with Crippen LogP contribution in [0.1, 0.15) is 15.9 Å². The fraction of sp³-hybridized carbons (Fsp3) is 0.0667. The third kappa shape index (κ3) is 2.94. The van der Waals surface area contributed by atoms with Crippen molar-refractivity contribution in [2.75, 3.05) is 5.32 Å². The SMILES string of the molecule is Cc1ccc(C(=O)Nc2nnc(-c3ccccn3)o2)cc1. The Morgan fingerprint density at radius 2 is 1.90 bits per heavy atom. The normalized spacial score (nSPS) is 10.3. The number of pyridine rings is 1. The summed E-state index contributed by atoms with van der Waals surface area (Å²) in [6.07, 6.45) is 1.63. The summed E-state index contributed by atoms with van der Waals surface area (Å²) >= 11 is 0. The number of anilines is 1. The smallest absolute Gasteiger partial charge is 0.322 e. The second kappa shape index (κ2) is 5.54. The van der Waals surface area contributed by atoms with Crippen LogP contribution < -0.4 is 5.32 Å². The van der Waals surface area contributed by atoms with Crippen molar-refractivity contribution >= 4 is 11.9 Å². The molecule has 104 valence electrons. The Morgan fingerprint density at radius 1 is 1.10 bits per heavy atom. The van der Waals surface area contributed by atoms with Gasteiger partial charge in [-0.3, -0.25) is 15.1 Å². The molecule has 0 aliphatic carbocycles. The molecule has 1 aromatic carbocycles. The van der Waals surface area contributed by atoms with Crippen LogP contribution in [0.2, 0.25) is 0 Å². The van der Waals surface area contributed by atoms with E-state index in [1.165, 1.54) is 0 Å². The summed E-state index contributed by atoms with van der Waals surface area (Å²) < 4.78 is 5.37. The fourth-order valence-corrected chi connectivity index (χ4v) is 1.74. The Morgan fingerprint density at radius 3 is 2.62 bits per heavy atom. The highest BCUT2D eigenvalue weighted by Crippen LogP contribution is 2.17. The van der Waals surface area contributed by atoms with Crippen LogP contribution in [0.4, 0.5) is 6.01 Å². The van der Waals surface area contributed by atoms with Gasteiger partial charge < -0.3 is 4.42 Å². The molecule has 0 aliphatic heterocycles. The lowest BCUT2D eigenvalue weighted by Gasteiger charge is -2.00. The maximum atomic E-state index is 12.0. The molecule has 0 saturated heterocycles. The maximum absolute atomic E-state index is 12.0. The molecule has 6 nitrogen and oxygen atoms in total. The number of carbonyl (C=O) groups is 1. The van der Waals surface area contributed by atoms with E-state index in [9.17, 15) is 4.79 Å². The van der Waals surface area contributed by atoms with E-state index in [4.69, 9.17) is 4.42 Å². The topological polar surface area (TPSA) is 80.9 Å². The van der Waals surface area contributed by atoms with Gasteiger partial charge in [-0.2, -0.15) is 0 Å². The van der Waals surface area contributed by atoms with E-state index in [0.29, 0.717) is 11.3 Å². The van der Waals surface area contributed by atoms with Gasteiger partial charge in [0, 0.05) is 11.8 Å². The second-order valence-corrected chi connectivity index (χ2v) is 4.45. The average Bonchev–Trinajstić information content (AvgIpc) is 2.97. The van der Waals surface area contributed by atoms with Gasteiger partial charge in [-0.25, -0.2) is 0 Å². The van der Waals surface area contributed by atoms with Crippen LogP contribution in [-0.2, 0) is 0 Å². The molecule has 3 aromatic rings. The molecule has 0 fully saturated rings. The van der Waals surface area contributed by atoms with Gasteiger partial charge in [-0.1, -0.05) is 28.9 Å². The molecule has 21 heavy (non-hydrogen) atoms. The molecular weight excluding hydrogens is 268 g/mol. The summed E-state index contributed by atoms with van der Waals surface area (Å²) in [6, 6.07) is 12.6. The first-order valence-electron chi connectivity index (χ1n) is 6.35. The molecule has 0 aliphatic rings. The van der Waals surface area contributed by atoms with Crippen molar-refractivity contribution in [3.05, 3.63) is 59.8 Å². The van der Waals surface area contributed by atoms with E-state index in [0.717, 1.165) is 5.56 Å². The summed E-state index contributed by atoms with van der Waals surface area (Å²) in [5, 5.41) is 10.2. The van der Waals surface area contributed by atoms with Crippen molar-refractivity contribution in [1.29, 1.82) is 0 Å². The molecule has 3 rings (SSSR count). The minimum absolute atomic E-state index is 0.0428. The minimum atomic E-state index is -0.300. The first-order chi connectivity index (χ1) is 10.2. The van der Waals surface area contributed by atoms with Gasteiger partial charge in [0.05, 0.1) is 0 Å². The van der Waals surface area contributed by atoms with E-state index in [-0.39, 0.29) is 17.8 Å². The molecule has 1 amide bonds. The van der Waals surface area contributed by atoms with Crippen molar-refractivity contribution in [3.8, 4) is 11.6 Å². The monoisotopic (exact) mass is 280 g/mol. The number of hydrogen-bond donors (Lipinski definition) is 1. The van der Waals surface area contributed by atoms with Gasteiger partial charge in [0.1, 0.15) is 5.69 Å². The van der Waals surface area contributed by atoms with E-state index >= 15 is 0 Å². The molecule has 1 N–H and O–H groups in total. The number of rotatable bonds is 3. The average molecular weight is 280 g/mol. The summed E-state index contributed by atoms with van der Waals surface area (Å²) in [5.74, 6) is -0.0407. The quantitative estimate of drug-likeness (QED) is 0.797. The largest absolute Gasteiger partial charge is 0.401 e. The highest BCUT2D eigenvalue weighted by molar-refractivity contribution is 6.03. The number of aryl methyl sites for hydroxylation is 1. The number of nitrogens with zero attached hydrogens (tertiary/aromatic N) is 3. The number of benzene rings is 1. The zero-order chi connectivity index (χ0) is 14.7. The van der Waals surface area contributed by atoms with Crippen LogP contribution in [0.3, 0.4) is 0 Å². The fourth-order valence-electron chi connectivity index (χ4n) is 1.74. The van der Waals surface area contributed by atoms with Crippen molar-refractivity contribution < 1.29 is 9.21 Å². The molecule has 6 heteroatoms. The van der Waals surface area contributed by atoms with Gasteiger partial charge in [0.2, 0.25) is 0 Å². The molecule has 0 saturated carbocycles. The van der Waals surface area contributed by atoms with Crippen molar-refractivity contribution in [2.24, 2.45) is 0 Å². The number of aromatic nitrogens is 3. The maximum Gasteiger partial charge on any atom is 0.322 e. The lowest BCUT2D eigenvalue weighted by atomic mass is 10.1. The van der Waals surface area contributed by atoms with Gasteiger partial charge in [-0.15, -0.1) is 5.10 Å². The molecular formula is C15H12N4O2. The van der Waals surface area contributed by atoms with Gasteiger partial charge in [0.15, 0.2) is 0 Å². The Kier molecular flexibility index (Phi) is 3.42. The highest BCUT2D eigenvalue weighted by atomic mass is 16.4. The number of nitrogens with one attached hydrogen (secondary N) is 1. The van der Waals surface area contributed by atoms with Crippen LogP contribution in [0.15, 0.2) is 53.1 Å². The molecule has 0 bridgehead atoms. The van der Waals surface area contributed by atoms with Crippen LogP contribution in [0, 0.1) is 6.92 Å². The lowest BCUT2D eigenvalue weighted by molar-refractivity contribution is 0.102. The Balaban J connectivity index is 1.75. The minimum Gasteiger partial charge on any atom is -0.401 e. The summed E-state index contributed by atoms with van der Waals surface area (Å²) in [7, 11) is 0. The van der Waals surface area contributed by atoms with Crippen molar-refractivity contribution in [3.63, 3.8) is 0 Å². The standard InChI is InChI=1S/C15H12N4O2/c1-10-5-7-11(8-6-10)13(20)17-15-19-18-14(21-15)12-4-2-3-9-16-12/h2-9H,1H3,(H,17,19,20). The first-order valence-corrected chi connectivity index (χ1v) is 6.35. The zero-order valence-corrected chi connectivity index (χ0v) is 11.3. The van der Waals surface area contributed by atoms with Crippen LogP contribution in [-0.4, -0.2) is 21.1 Å². The molecule has 0 spiro atoms. The van der Waals surface area contributed by atoms with E-state index in [2.05, 4.69) is 20.5 Å². The molecule has 0 atom stereocenters. The molecule has 2 aromatic heterocycles. The highest BCUT2D eigenvalue weighted by Gasteiger charge is 2.12. The van der Waals surface area contributed by atoms with E-state index in [1.807, 2.05) is 25.1 Å². The Bertz CT molecular complexity index is 751.